The van der Waals surface area contributed by atoms with Crippen molar-refractivity contribution in [3.63, 3.8) is 0 Å². The molecule has 1 aromatic rings. The third-order valence-corrected chi connectivity index (χ3v) is 2.30. The lowest BCUT2D eigenvalue weighted by Gasteiger charge is -2.05. The predicted molar refractivity (Wildman–Crippen MR) is 55.2 cm³/mol. The molecule has 0 aromatic carbocycles. The molecule has 1 aromatic heterocycles. The van der Waals surface area contributed by atoms with Crippen molar-refractivity contribution in [1.82, 2.24) is 10.3 Å². The molecule has 0 unspecified atom stereocenters. The standard InChI is InChI=1S/C11H16N2O/c1-12-7-10-3-2-4-11(13-10)14-8-9-5-6-9/h2-4,9,12H,5-8H2,1H3. The Bertz CT molecular complexity index is 297. The highest BCUT2D eigenvalue weighted by Crippen LogP contribution is 2.29. The molecule has 0 radical (unpaired) electrons. The van der Waals surface area contributed by atoms with Gasteiger partial charge in [-0.3, -0.25) is 0 Å². The first kappa shape index (κ1) is 9.46. The van der Waals surface area contributed by atoms with Crippen LogP contribution in [0.4, 0.5) is 0 Å². The summed E-state index contributed by atoms with van der Waals surface area (Å²) in [5.41, 5.74) is 1.03. The third-order valence-electron chi connectivity index (χ3n) is 2.30. The van der Waals surface area contributed by atoms with Gasteiger partial charge >= 0.3 is 0 Å². The minimum Gasteiger partial charge on any atom is -0.477 e. The molecule has 76 valence electrons. The predicted octanol–water partition coefficient (Wildman–Crippen LogP) is 1.59. The van der Waals surface area contributed by atoms with Gasteiger partial charge in [-0.25, -0.2) is 4.98 Å². The first-order chi connectivity index (χ1) is 6.88. The van der Waals surface area contributed by atoms with E-state index in [-0.39, 0.29) is 0 Å². The Hall–Kier alpha value is -1.09. The molecule has 3 heteroatoms. The number of nitrogens with one attached hydrogen (secondary N) is 1. The Balaban J connectivity index is 1.90. The molecule has 1 fully saturated rings. The third kappa shape index (κ3) is 2.70. The molecule has 1 heterocycles. The highest BCUT2D eigenvalue weighted by atomic mass is 16.5. The highest BCUT2D eigenvalue weighted by Gasteiger charge is 2.21. The molecule has 1 N–H and O–H groups in total. The van der Waals surface area contributed by atoms with Crippen LogP contribution in [0.25, 0.3) is 0 Å². The molecule has 1 saturated carbocycles. The molecule has 0 aliphatic heterocycles. The zero-order chi connectivity index (χ0) is 9.80. The molecule has 1 aliphatic rings. The van der Waals surface area contributed by atoms with Crippen molar-refractivity contribution < 1.29 is 4.74 Å². The SMILES string of the molecule is CNCc1cccc(OCC2CC2)n1. The summed E-state index contributed by atoms with van der Waals surface area (Å²) in [6, 6.07) is 5.91. The summed E-state index contributed by atoms with van der Waals surface area (Å²) in [5.74, 6) is 1.54. The van der Waals surface area contributed by atoms with Gasteiger partial charge in [-0.2, -0.15) is 0 Å². The molecule has 14 heavy (non-hydrogen) atoms. The van der Waals surface area contributed by atoms with E-state index in [1.165, 1.54) is 12.8 Å². The summed E-state index contributed by atoms with van der Waals surface area (Å²) in [4.78, 5) is 4.38. The fourth-order valence-electron chi connectivity index (χ4n) is 1.31. The Morgan fingerprint density at radius 1 is 1.50 bits per heavy atom. The average molecular weight is 192 g/mol. The molecule has 3 nitrogen and oxygen atoms in total. The van der Waals surface area contributed by atoms with Gasteiger partial charge in [0, 0.05) is 12.6 Å². The zero-order valence-corrected chi connectivity index (χ0v) is 8.49. The average Bonchev–Trinajstić information content (AvgIpc) is 2.99. The first-order valence-electron chi connectivity index (χ1n) is 5.12. The minimum atomic E-state index is 0.754. The maximum Gasteiger partial charge on any atom is 0.213 e. The molecule has 2 rings (SSSR count). The molecular weight excluding hydrogens is 176 g/mol. The van der Waals surface area contributed by atoms with E-state index in [4.69, 9.17) is 4.74 Å². The largest absolute Gasteiger partial charge is 0.477 e. The second-order valence-electron chi connectivity index (χ2n) is 3.75. The van der Waals surface area contributed by atoms with Crippen LogP contribution in [-0.4, -0.2) is 18.6 Å². The van der Waals surface area contributed by atoms with Crippen LogP contribution in [0.15, 0.2) is 18.2 Å². The fourth-order valence-corrected chi connectivity index (χ4v) is 1.31. The van der Waals surface area contributed by atoms with E-state index in [0.29, 0.717) is 0 Å². The van der Waals surface area contributed by atoms with Crippen molar-refractivity contribution in [3.8, 4) is 5.88 Å². The van der Waals surface area contributed by atoms with Crippen LogP contribution in [0.2, 0.25) is 0 Å². The van der Waals surface area contributed by atoms with Crippen LogP contribution >= 0.6 is 0 Å². The maximum absolute atomic E-state index is 5.58. The normalized spacial score (nSPS) is 15.5. The Labute approximate surface area is 84.5 Å². The van der Waals surface area contributed by atoms with E-state index < -0.39 is 0 Å². The number of rotatable bonds is 5. The monoisotopic (exact) mass is 192 g/mol. The number of ether oxygens (including phenoxy) is 1. The van der Waals surface area contributed by atoms with Crippen LogP contribution in [0.5, 0.6) is 5.88 Å². The summed E-state index contributed by atoms with van der Waals surface area (Å²) in [5, 5.41) is 3.07. The number of hydrogen-bond donors (Lipinski definition) is 1. The van der Waals surface area contributed by atoms with Crippen molar-refractivity contribution in [2.75, 3.05) is 13.7 Å². The summed E-state index contributed by atoms with van der Waals surface area (Å²) in [6.07, 6.45) is 2.63. The fraction of sp³-hybridized carbons (Fsp3) is 0.545. The molecular formula is C11H16N2O. The van der Waals surface area contributed by atoms with E-state index in [1.807, 2.05) is 25.2 Å². The maximum atomic E-state index is 5.58. The summed E-state index contributed by atoms with van der Waals surface area (Å²) < 4.78 is 5.58. The Morgan fingerprint density at radius 2 is 2.36 bits per heavy atom. The van der Waals surface area contributed by atoms with Crippen LogP contribution < -0.4 is 10.1 Å². The zero-order valence-electron chi connectivity index (χ0n) is 8.49. The Kier molecular flexibility index (Phi) is 2.99. The van der Waals surface area contributed by atoms with Gasteiger partial charge in [-0.1, -0.05) is 6.07 Å². The first-order valence-corrected chi connectivity index (χ1v) is 5.12. The van der Waals surface area contributed by atoms with Crippen molar-refractivity contribution in [2.24, 2.45) is 5.92 Å². The van der Waals surface area contributed by atoms with Gasteiger partial charge < -0.3 is 10.1 Å². The molecule has 0 saturated heterocycles. The molecule has 0 bridgehead atoms. The molecule has 0 amide bonds. The van der Waals surface area contributed by atoms with Crippen LogP contribution in [-0.2, 0) is 6.54 Å². The number of pyridine rings is 1. The van der Waals surface area contributed by atoms with Crippen molar-refractivity contribution in [1.29, 1.82) is 0 Å². The number of hydrogen-bond acceptors (Lipinski definition) is 3. The van der Waals surface area contributed by atoms with Gasteiger partial charge in [0.2, 0.25) is 5.88 Å². The summed E-state index contributed by atoms with van der Waals surface area (Å²) in [6.45, 7) is 1.62. The quantitative estimate of drug-likeness (QED) is 0.769. The van der Waals surface area contributed by atoms with E-state index >= 15 is 0 Å². The van der Waals surface area contributed by atoms with Crippen molar-refractivity contribution >= 4 is 0 Å². The van der Waals surface area contributed by atoms with E-state index in [2.05, 4.69) is 10.3 Å². The van der Waals surface area contributed by atoms with Gasteiger partial charge in [0.1, 0.15) is 0 Å². The highest BCUT2D eigenvalue weighted by molar-refractivity contribution is 5.15. The van der Waals surface area contributed by atoms with Gasteiger partial charge in [-0.15, -0.1) is 0 Å². The molecule has 0 atom stereocenters. The summed E-state index contributed by atoms with van der Waals surface area (Å²) in [7, 11) is 1.92. The lowest BCUT2D eigenvalue weighted by atomic mass is 10.3. The van der Waals surface area contributed by atoms with Gasteiger partial charge in [0.25, 0.3) is 0 Å². The van der Waals surface area contributed by atoms with E-state index in [1.54, 1.807) is 0 Å². The molecule has 1 aliphatic carbocycles. The lowest BCUT2D eigenvalue weighted by molar-refractivity contribution is 0.287. The second kappa shape index (κ2) is 4.42. The smallest absolute Gasteiger partial charge is 0.213 e. The molecule has 0 spiro atoms. The van der Waals surface area contributed by atoms with Crippen LogP contribution in [0, 0.1) is 5.92 Å². The second-order valence-corrected chi connectivity index (χ2v) is 3.75. The van der Waals surface area contributed by atoms with E-state index in [0.717, 1.165) is 30.6 Å². The topological polar surface area (TPSA) is 34.1 Å². The van der Waals surface area contributed by atoms with Crippen LogP contribution in [0.1, 0.15) is 18.5 Å². The van der Waals surface area contributed by atoms with Crippen molar-refractivity contribution in [3.05, 3.63) is 23.9 Å². The number of nitrogens with zero attached hydrogens (tertiary/aromatic N) is 1. The summed E-state index contributed by atoms with van der Waals surface area (Å²) >= 11 is 0. The van der Waals surface area contributed by atoms with Gasteiger partial charge in [-0.05, 0) is 31.9 Å². The van der Waals surface area contributed by atoms with Crippen LogP contribution in [0.3, 0.4) is 0 Å². The van der Waals surface area contributed by atoms with Gasteiger partial charge in [0.05, 0.1) is 12.3 Å². The van der Waals surface area contributed by atoms with E-state index in [9.17, 15) is 0 Å². The van der Waals surface area contributed by atoms with Crippen molar-refractivity contribution in [2.45, 2.75) is 19.4 Å². The van der Waals surface area contributed by atoms with Gasteiger partial charge in [0.15, 0.2) is 0 Å². The minimum absolute atomic E-state index is 0.754. The Morgan fingerprint density at radius 3 is 3.07 bits per heavy atom. The number of aromatic nitrogens is 1. The lowest BCUT2D eigenvalue weighted by Crippen LogP contribution is -2.08.